The van der Waals surface area contributed by atoms with Crippen LogP contribution in [0.2, 0.25) is 10.0 Å². The summed E-state index contributed by atoms with van der Waals surface area (Å²) in [6, 6.07) is 13.4. The van der Waals surface area contributed by atoms with Crippen molar-refractivity contribution in [3.8, 4) is 5.75 Å². The molecule has 1 aliphatic rings. The molecule has 0 fully saturated rings. The van der Waals surface area contributed by atoms with Gasteiger partial charge in [0.05, 0.1) is 5.02 Å². The summed E-state index contributed by atoms with van der Waals surface area (Å²) < 4.78 is 5.73. The zero-order chi connectivity index (χ0) is 15.4. The highest BCUT2D eigenvalue weighted by Gasteiger charge is 2.07. The molecule has 114 valence electrons. The van der Waals surface area contributed by atoms with Gasteiger partial charge in [0.1, 0.15) is 18.2 Å². The van der Waals surface area contributed by atoms with Crippen LogP contribution in [0.1, 0.15) is 17.5 Å². The van der Waals surface area contributed by atoms with Crippen LogP contribution in [0.25, 0.3) is 0 Å². The van der Waals surface area contributed by atoms with E-state index < -0.39 is 0 Å². The fourth-order valence-corrected chi connectivity index (χ4v) is 2.70. The number of hydrogen-bond donors (Lipinski definition) is 1. The van der Waals surface area contributed by atoms with Gasteiger partial charge in [-0.25, -0.2) is 0 Å². The van der Waals surface area contributed by atoms with E-state index in [1.807, 2.05) is 12.1 Å². The average molecular weight is 335 g/mol. The van der Waals surface area contributed by atoms with Crippen LogP contribution in [-0.2, 0) is 6.61 Å². The average Bonchev–Trinajstić information content (AvgIpc) is 2.55. The molecule has 22 heavy (non-hydrogen) atoms. The molecular formula is C17H16Cl2N2O. The number of ether oxygens (including phenoxy) is 1. The van der Waals surface area contributed by atoms with Crippen molar-refractivity contribution < 1.29 is 4.74 Å². The van der Waals surface area contributed by atoms with Gasteiger partial charge in [0.2, 0.25) is 0 Å². The number of benzene rings is 2. The van der Waals surface area contributed by atoms with Crippen LogP contribution in [0.15, 0.2) is 47.5 Å². The second-order valence-corrected chi connectivity index (χ2v) is 5.91. The van der Waals surface area contributed by atoms with E-state index in [1.54, 1.807) is 18.2 Å². The third kappa shape index (κ3) is 3.73. The third-order valence-electron chi connectivity index (χ3n) is 3.41. The second-order valence-electron chi connectivity index (χ2n) is 5.07. The van der Waals surface area contributed by atoms with Crippen molar-refractivity contribution in [2.45, 2.75) is 13.0 Å². The Morgan fingerprint density at radius 1 is 1.09 bits per heavy atom. The molecule has 2 aromatic carbocycles. The van der Waals surface area contributed by atoms with Crippen molar-refractivity contribution in [1.82, 2.24) is 5.32 Å². The molecule has 0 aliphatic carbocycles. The molecule has 3 rings (SSSR count). The fourth-order valence-electron chi connectivity index (χ4n) is 2.24. The Morgan fingerprint density at radius 3 is 2.59 bits per heavy atom. The minimum Gasteiger partial charge on any atom is -0.487 e. The third-order valence-corrected chi connectivity index (χ3v) is 3.94. The molecule has 0 saturated heterocycles. The van der Waals surface area contributed by atoms with E-state index in [2.05, 4.69) is 22.4 Å². The lowest BCUT2D eigenvalue weighted by atomic mass is 10.1. The zero-order valence-electron chi connectivity index (χ0n) is 12.0. The Hall–Kier alpha value is -1.71. The molecule has 2 aromatic rings. The first-order chi connectivity index (χ1) is 10.7. The highest BCUT2D eigenvalue weighted by atomic mass is 35.5. The summed E-state index contributed by atoms with van der Waals surface area (Å²) in [4.78, 5) is 4.49. The molecule has 0 aromatic heterocycles. The maximum Gasteiger partial charge on any atom is 0.138 e. The van der Waals surface area contributed by atoms with Gasteiger partial charge in [-0.15, -0.1) is 0 Å². The molecule has 0 spiro atoms. The molecule has 5 heteroatoms. The Morgan fingerprint density at radius 2 is 1.91 bits per heavy atom. The van der Waals surface area contributed by atoms with Gasteiger partial charge in [-0.2, -0.15) is 0 Å². The van der Waals surface area contributed by atoms with Gasteiger partial charge >= 0.3 is 0 Å². The molecule has 0 atom stereocenters. The number of halogens is 2. The molecular weight excluding hydrogens is 319 g/mol. The van der Waals surface area contributed by atoms with E-state index in [-0.39, 0.29) is 0 Å². The standard InChI is InChI=1S/C17H16Cl2N2O/c18-14-6-7-16(15(19)10-14)22-11-12-2-4-13(5-3-12)17-20-8-1-9-21-17/h2-7,10H,1,8-9,11H2,(H,20,21). The van der Waals surface area contributed by atoms with Crippen LogP contribution in [0.5, 0.6) is 5.75 Å². The molecule has 0 amide bonds. The highest BCUT2D eigenvalue weighted by molar-refractivity contribution is 6.35. The van der Waals surface area contributed by atoms with Gasteiger partial charge in [0.25, 0.3) is 0 Å². The molecule has 0 saturated carbocycles. The van der Waals surface area contributed by atoms with Crippen molar-refractivity contribution in [2.24, 2.45) is 4.99 Å². The number of hydrogen-bond acceptors (Lipinski definition) is 3. The predicted molar refractivity (Wildman–Crippen MR) is 91.3 cm³/mol. The Bertz CT molecular complexity index is 684. The van der Waals surface area contributed by atoms with Crippen molar-refractivity contribution in [3.63, 3.8) is 0 Å². The maximum absolute atomic E-state index is 6.09. The van der Waals surface area contributed by atoms with E-state index in [9.17, 15) is 0 Å². The monoisotopic (exact) mass is 334 g/mol. The van der Waals surface area contributed by atoms with E-state index in [4.69, 9.17) is 27.9 Å². The summed E-state index contributed by atoms with van der Waals surface area (Å²) >= 11 is 12.0. The first-order valence-corrected chi connectivity index (χ1v) is 7.93. The summed E-state index contributed by atoms with van der Waals surface area (Å²) in [7, 11) is 0. The fraction of sp³-hybridized carbons (Fsp3) is 0.235. The van der Waals surface area contributed by atoms with Gasteiger partial charge in [-0.3, -0.25) is 4.99 Å². The quantitative estimate of drug-likeness (QED) is 0.903. The highest BCUT2D eigenvalue weighted by Crippen LogP contribution is 2.28. The first-order valence-electron chi connectivity index (χ1n) is 7.18. The largest absolute Gasteiger partial charge is 0.487 e. The zero-order valence-corrected chi connectivity index (χ0v) is 13.5. The minimum atomic E-state index is 0.460. The SMILES string of the molecule is Clc1ccc(OCc2ccc(C3=NCCCN3)cc2)c(Cl)c1. The summed E-state index contributed by atoms with van der Waals surface area (Å²) in [5, 5.41) is 4.43. The van der Waals surface area contributed by atoms with Crippen LogP contribution in [0, 0.1) is 0 Å². The van der Waals surface area contributed by atoms with Crippen LogP contribution >= 0.6 is 23.2 Å². The molecule has 1 aliphatic heterocycles. The van der Waals surface area contributed by atoms with E-state index >= 15 is 0 Å². The Labute approximate surface area is 139 Å². The van der Waals surface area contributed by atoms with Crippen LogP contribution in [0.4, 0.5) is 0 Å². The number of nitrogens with zero attached hydrogens (tertiary/aromatic N) is 1. The Kier molecular flexibility index (Phi) is 4.86. The topological polar surface area (TPSA) is 33.6 Å². The lowest BCUT2D eigenvalue weighted by Crippen LogP contribution is -2.30. The lowest BCUT2D eigenvalue weighted by molar-refractivity contribution is 0.306. The number of amidine groups is 1. The summed E-state index contributed by atoms with van der Waals surface area (Å²) in [6.07, 6.45) is 1.09. The number of nitrogens with one attached hydrogen (secondary N) is 1. The number of rotatable bonds is 4. The number of aliphatic imine (C=N–C) groups is 1. The van der Waals surface area contributed by atoms with Crippen LogP contribution < -0.4 is 10.1 Å². The summed E-state index contributed by atoms with van der Waals surface area (Å²) in [5.74, 6) is 1.60. The van der Waals surface area contributed by atoms with Gasteiger partial charge in [-0.05, 0) is 30.2 Å². The van der Waals surface area contributed by atoms with Crippen molar-refractivity contribution >= 4 is 29.0 Å². The molecule has 0 radical (unpaired) electrons. The van der Waals surface area contributed by atoms with Crippen LogP contribution in [0.3, 0.4) is 0 Å². The molecule has 3 nitrogen and oxygen atoms in total. The smallest absolute Gasteiger partial charge is 0.138 e. The Balaban J connectivity index is 1.65. The first kappa shape index (κ1) is 15.2. The van der Waals surface area contributed by atoms with Crippen molar-refractivity contribution in [3.05, 3.63) is 63.6 Å². The molecule has 0 bridgehead atoms. The summed E-state index contributed by atoms with van der Waals surface area (Å²) in [5.41, 5.74) is 2.18. The minimum absolute atomic E-state index is 0.460. The normalized spacial score (nSPS) is 14.2. The van der Waals surface area contributed by atoms with E-state index in [0.717, 1.165) is 36.5 Å². The molecule has 0 unspecified atom stereocenters. The van der Waals surface area contributed by atoms with Gasteiger partial charge in [-0.1, -0.05) is 47.5 Å². The predicted octanol–water partition coefficient (Wildman–Crippen LogP) is 4.31. The van der Waals surface area contributed by atoms with Gasteiger partial charge in [0, 0.05) is 23.7 Å². The van der Waals surface area contributed by atoms with Gasteiger partial charge in [0.15, 0.2) is 0 Å². The maximum atomic E-state index is 6.09. The van der Waals surface area contributed by atoms with Crippen molar-refractivity contribution in [1.29, 1.82) is 0 Å². The van der Waals surface area contributed by atoms with Crippen LogP contribution in [-0.4, -0.2) is 18.9 Å². The molecule has 1 N–H and O–H groups in total. The van der Waals surface area contributed by atoms with E-state index in [1.165, 1.54) is 0 Å². The van der Waals surface area contributed by atoms with Gasteiger partial charge < -0.3 is 10.1 Å². The summed E-state index contributed by atoms with van der Waals surface area (Å²) in [6.45, 7) is 2.34. The molecule has 1 heterocycles. The second kappa shape index (κ2) is 7.03. The van der Waals surface area contributed by atoms with Crippen molar-refractivity contribution in [2.75, 3.05) is 13.1 Å². The lowest BCUT2D eigenvalue weighted by Gasteiger charge is -2.15. The van der Waals surface area contributed by atoms with E-state index in [0.29, 0.717) is 22.4 Å².